The number of halogens is 2. The minimum atomic E-state index is -0.124. The Labute approximate surface area is 98.4 Å². The third-order valence-electron chi connectivity index (χ3n) is 1.49. The van der Waals surface area contributed by atoms with Gasteiger partial charge in [-0.1, -0.05) is 15.9 Å². The number of benzene rings is 1. The van der Waals surface area contributed by atoms with E-state index >= 15 is 0 Å². The third-order valence-corrected chi connectivity index (χ3v) is 2.66. The summed E-state index contributed by atoms with van der Waals surface area (Å²) in [5.74, 6) is -0.124. The van der Waals surface area contributed by atoms with Crippen molar-refractivity contribution in [2.24, 2.45) is 0 Å². The molecule has 0 saturated carbocycles. The molecule has 0 aliphatic heterocycles. The second-order valence-electron chi connectivity index (χ2n) is 2.49. The highest BCUT2D eigenvalue weighted by Crippen LogP contribution is 2.20. The minimum absolute atomic E-state index is 0.124. The van der Waals surface area contributed by atoms with Crippen LogP contribution in [0.3, 0.4) is 0 Å². The Morgan fingerprint density at radius 3 is 2.79 bits per heavy atom. The van der Waals surface area contributed by atoms with Crippen LogP contribution in [0.2, 0.25) is 0 Å². The predicted octanol–water partition coefficient (Wildman–Crippen LogP) is 2.65. The summed E-state index contributed by atoms with van der Waals surface area (Å²) < 4.78 is 0.673. The Morgan fingerprint density at radius 1 is 1.57 bits per heavy atom. The zero-order valence-electron chi connectivity index (χ0n) is 7.05. The van der Waals surface area contributed by atoms with Crippen LogP contribution < -0.4 is 5.32 Å². The summed E-state index contributed by atoms with van der Waals surface area (Å²) in [6.45, 7) is 0. The van der Waals surface area contributed by atoms with E-state index in [-0.39, 0.29) is 11.2 Å². The Hall–Kier alpha value is -0.860. The molecule has 0 saturated heterocycles. The van der Waals surface area contributed by atoms with E-state index in [4.69, 9.17) is 5.26 Å². The lowest BCUT2D eigenvalue weighted by atomic mass is 10.2. The molecule has 1 rings (SSSR count). The van der Waals surface area contributed by atoms with Gasteiger partial charge in [-0.2, -0.15) is 5.26 Å². The van der Waals surface area contributed by atoms with E-state index in [0.717, 1.165) is 0 Å². The van der Waals surface area contributed by atoms with Crippen molar-refractivity contribution in [3.63, 3.8) is 0 Å². The second-order valence-corrected chi connectivity index (χ2v) is 3.90. The molecule has 14 heavy (non-hydrogen) atoms. The number of nitriles is 1. The van der Waals surface area contributed by atoms with Gasteiger partial charge in [0.2, 0.25) is 5.91 Å². The summed E-state index contributed by atoms with van der Waals surface area (Å²) in [5.41, 5.74) is 1.21. The number of alkyl halides is 1. The molecule has 72 valence electrons. The number of hydrogen-bond donors (Lipinski definition) is 1. The Kier molecular flexibility index (Phi) is 4.11. The number of rotatable bonds is 2. The van der Waals surface area contributed by atoms with Crippen LogP contribution >= 0.6 is 31.9 Å². The molecule has 0 atom stereocenters. The van der Waals surface area contributed by atoms with Crippen molar-refractivity contribution in [2.75, 3.05) is 10.6 Å². The second kappa shape index (κ2) is 5.13. The van der Waals surface area contributed by atoms with Gasteiger partial charge in [-0.3, -0.25) is 4.79 Å². The van der Waals surface area contributed by atoms with Crippen LogP contribution in [-0.4, -0.2) is 11.2 Å². The van der Waals surface area contributed by atoms with Gasteiger partial charge in [0.1, 0.15) is 6.07 Å². The molecule has 1 aromatic carbocycles. The van der Waals surface area contributed by atoms with Gasteiger partial charge in [-0.05, 0) is 34.1 Å². The largest absolute Gasteiger partial charge is 0.325 e. The highest BCUT2D eigenvalue weighted by atomic mass is 79.9. The van der Waals surface area contributed by atoms with Crippen molar-refractivity contribution in [3.05, 3.63) is 28.2 Å². The molecule has 0 aliphatic carbocycles. The van der Waals surface area contributed by atoms with Gasteiger partial charge in [0.15, 0.2) is 0 Å². The number of carbonyl (C=O) groups excluding carboxylic acids is 1. The maximum absolute atomic E-state index is 11.0. The van der Waals surface area contributed by atoms with Crippen molar-refractivity contribution in [3.8, 4) is 6.07 Å². The molecule has 0 spiro atoms. The first-order valence-electron chi connectivity index (χ1n) is 3.73. The molecule has 0 bridgehead atoms. The van der Waals surface area contributed by atoms with Crippen LogP contribution in [-0.2, 0) is 4.79 Å². The van der Waals surface area contributed by atoms with E-state index < -0.39 is 0 Å². The molecule has 5 heteroatoms. The lowest BCUT2D eigenvalue weighted by Crippen LogP contribution is -2.12. The smallest absolute Gasteiger partial charge is 0.235 e. The summed E-state index contributed by atoms with van der Waals surface area (Å²) in [6, 6.07) is 7.05. The predicted molar refractivity (Wildman–Crippen MR) is 61.3 cm³/mol. The number of hydrogen-bond acceptors (Lipinski definition) is 2. The van der Waals surface area contributed by atoms with E-state index in [1.54, 1.807) is 18.2 Å². The van der Waals surface area contributed by atoms with Gasteiger partial charge in [-0.25, -0.2) is 0 Å². The van der Waals surface area contributed by atoms with Gasteiger partial charge in [0.05, 0.1) is 10.9 Å². The Morgan fingerprint density at radius 2 is 2.29 bits per heavy atom. The molecule has 0 radical (unpaired) electrons. The highest BCUT2D eigenvalue weighted by Gasteiger charge is 2.03. The summed E-state index contributed by atoms with van der Waals surface area (Å²) in [6.07, 6.45) is 0. The van der Waals surface area contributed by atoms with Crippen LogP contribution in [0.1, 0.15) is 5.56 Å². The zero-order valence-corrected chi connectivity index (χ0v) is 10.2. The normalized spacial score (nSPS) is 9.21. The average Bonchev–Trinajstić information content (AvgIpc) is 2.18. The fourth-order valence-corrected chi connectivity index (χ4v) is 1.49. The van der Waals surface area contributed by atoms with Crippen molar-refractivity contribution in [1.29, 1.82) is 5.26 Å². The molecule has 1 amide bonds. The van der Waals surface area contributed by atoms with Crippen molar-refractivity contribution >= 4 is 43.5 Å². The van der Waals surface area contributed by atoms with Gasteiger partial charge in [-0.15, -0.1) is 0 Å². The molecule has 0 unspecified atom stereocenters. The topological polar surface area (TPSA) is 52.9 Å². The van der Waals surface area contributed by atoms with E-state index in [9.17, 15) is 4.79 Å². The number of anilines is 1. The quantitative estimate of drug-likeness (QED) is 0.853. The van der Waals surface area contributed by atoms with E-state index in [2.05, 4.69) is 37.2 Å². The fourth-order valence-electron chi connectivity index (χ4n) is 0.878. The average molecular weight is 318 g/mol. The van der Waals surface area contributed by atoms with E-state index in [1.807, 2.05) is 6.07 Å². The van der Waals surface area contributed by atoms with Crippen molar-refractivity contribution in [1.82, 2.24) is 0 Å². The van der Waals surface area contributed by atoms with Gasteiger partial charge in [0, 0.05) is 10.2 Å². The fraction of sp³-hybridized carbons (Fsp3) is 0.111. The first-order chi connectivity index (χ1) is 6.67. The van der Waals surface area contributed by atoms with Crippen LogP contribution in [0.5, 0.6) is 0 Å². The number of nitrogens with one attached hydrogen (secondary N) is 1. The molecule has 1 N–H and O–H groups in total. The lowest BCUT2D eigenvalue weighted by molar-refractivity contribution is -0.113. The maximum atomic E-state index is 11.0. The monoisotopic (exact) mass is 316 g/mol. The van der Waals surface area contributed by atoms with Crippen LogP contribution in [0.25, 0.3) is 0 Å². The maximum Gasteiger partial charge on any atom is 0.235 e. The lowest BCUT2D eigenvalue weighted by Gasteiger charge is -2.03. The van der Waals surface area contributed by atoms with E-state index in [1.165, 1.54) is 0 Å². The van der Waals surface area contributed by atoms with Gasteiger partial charge >= 0.3 is 0 Å². The SMILES string of the molecule is N#Cc1ccc(NC(=O)CBr)cc1Br. The molecule has 0 aliphatic rings. The highest BCUT2D eigenvalue weighted by molar-refractivity contribution is 9.10. The summed E-state index contributed by atoms with van der Waals surface area (Å²) in [7, 11) is 0. The standard InChI is InChI=1S/C9H6Br2N2O/c10-4-9(14)13-7-2-1-6(5-12)8(11)3-7/h1-3H,4H2,(H,13,14). The molecule has 0 aromatic heterocycles. The Balaban J connectivity index is 2.88. The van der Waals surface area contributed by atoms with E-state index in [0.29, 0.717) is 15.7 Å². The van der Waals surface area contributed by atoms with Gasteiger partial charge in [0.25, 0.3) is 0 Å². The van der Waals surface area contributed by atoms with Crippen LogP contribution in [0.15, 0.2) is 22.7 Å². The first kappa shape index (κ1) is 11.2. The first-order valence-corrected chi connectivity index (χ1v) is 5.64. The molecular weight excluding hydrogens is 312 g/mol. The summed E-state index contributed by atoms with van der Waals surface area (Å²) in [4.78, 5) is 11.0. The molecular formula is C9H6Br2N2O. The molecule has 1 aromatic rings. The molecule has 0 heterocycles. The van der Waals surface area contributed by atoms with Crippen LogP contribution in [0.4, 0.5) is 5.69 Å². The van der Waals surface area contributed by atoms with Crippen molar-refractivity contribution in [2.45, 2.75) is 0 Å². The summed E-state index contributed by atoms with van der Waals surface area (Å²) in [5, 5.41) is 11.6. The zero-order chi connectivity index (χ0) is 10.6. The van der Waals surface area contributed by atoms with Crippen LogP contribution in [0, 0.1) is 11.3 Å². The summed E-state index contributed by atoms with van der Waals surface area (Å²) >= 11 is 6.28. The number of carbonyl (C=O) groups is 1. The van der Waals surface area contributed by atoms with Gasteiger partial charge < -0.3 is 5.32 Å². The molecule has 0 fully saturated rings. The van der Waals surface area contributed by atoms with Crippen molar-refractivity contribution < 1.29 is 4.79 Å². The third kappa shape index (κ3) is 2.82. The minimum Gasteiger partial charge on any atom is -0.325 e. The number of nitrogens with zero attached hydrogens (tertiary/aromatic N) is 1. The Bertz CT molecular complexity index is 398. The molecule has 3 nitrogen and oxygen atoms in total. The number of amides is 1.